The van der Waals surface area contributed by atoms with Crippen LogP contribution in [-0.2, 0) is 19.6 Å². The quantitative estimate of drug-likeness (QED) is 0.705. The zero-order valence-electron chi connectivity index (χ0n) is 18.1. The maximum absolute atomic E-state index is 13.0. The van der Waals surface area contributed by atoms with Crippen LogP contribution in [0.5, 0.6) is 5.75 Å². The Morgan fingerprint density at radius 1 is 1.16 bits per heavy atom. The van der Waals surface area contributed by atoms with E-state index in [0.717, 1.165) is 0 Å². The van der Waals surface area contributed by atoms with E-state index in [9.17, 15) is 18.0 Å². The van der Waals surface area contributed by atoms with Gasteiger partial charge in [-0.2, -0.15) is 0 Å². The van der Waals surface area contributed by atoms with E-state index >= 15 is 0 Å². The predicted molar refractivity (Wildman–Crippen MR) is 117 cm³/mol. The van der Waals surface area contributed by atoms with E-state index in [4.69, 9.17) is 9.47 Å². The summed E-state index contributed by atoms with van der Waals surface area (Å²) in [4.78, 5) is 25.7. The Balaban J connectivity index is 1.91. The summed E-state index contributed by atoms with van der Waals surface area (Å²) in [6, 6.07) is 10.4. The first-order chi connectivity index (χ1) is 14.4. The largest absolute Gasteiger partial charge is 0.484 e. The fraction of sp³-hybridized carbons (Fsp3) is 0.364. The molecule has 166 valence electrons. The lowest BCUT2D eigenvalue weighted by molar-refractivity contribution is -0.117. The van der Waals surface area contributed by atoms with Crippen molar-refractivity contribution in [2.75, 3.05) is 16.2 Å². The molecule has 0 unspecified atom stereocenters. The summed E-state index contributed by atoms with van der Waals surface area (Å²) in [5.41, 5.74) is 0.251. The molecule has 0 spiro atoms. The van der Waals surface area contributed by atoms with Crippen molar-refractivity contribution in [2.24, 2.45) is 0 Å². The van der Waals surface area contributed by atoms with Gasteiger partial charge in [-0.25, -0.2) is 13.2 Å². The Hall–Kier alpha value is -3.07. The first-order valence-electron chi connectivity index (χ1n) is 9.83. The molecular formula is C22H26N2O6S. The SMILES string of the molecule is CC(=O)N1CC(C)(C)Oc2ccc(S(=O)(=O)Nc3cccc(C(=O)OC(C)C)c3)cc21. The Bertz CT molecular complexity index is 1120. The van der Waals surface area contributed by atoms with E-state index in [0.29, 0.717) is 18.0 Å². The third kappa shape index (κ3) is 5.16. The maximum Gasteiger partial charge on any atom is 0.338 e. The molecule has 3 rings (SSSR count). The first kappa shape index (κ1) is 22.6. The van der Waals surface area contributed by atoms with Gasteiger partial charge in [0.05, 0.1) is 28.8 Å². The van der Waals surface area contributed by atoms with Crippen molar-refractivity contribution in [1.29, 1.82) is 0 Å². The molecule has 0 aliphatic carbocycles. The summed E-state index contributed by atoms with van der Waals surface area (Å²) < 4.78 is 39.5. The summed E-state index contributed by atoms with van der Waals surface area (Å²) in [5.74, 6) is -0.318. The highest BCUT2D eigenvalue weighted by Crippen LogP contribution is 2.38. The molecule has 1 amide bonds. The number of sulfonamides is 1. The highest BCUT2D eigenvalue weighted by atomic mass is 32.2. The van der Waals surface area contributed by atoms with Gasteiger partial charge in [-0.05, 0) is 64.1 Å². The second-order valence-electron chi connectivity index (χ2n) is 8.24. The third-order valence-electron chi connectivity index (χ3n) is 4.53. The lowest BCUT2D eigenvalue weighted by Crippen LogP contribution is -2.48. The number of carbonyl (C=O) groups is 2. The number of rotatable bonds is 5. The molecule has 0 aromatic heterocycles. The Kier molecular flexibility index (Phi) is 6.00. The van der Waals surface area contributed by atoms with Gasteiger partial charge >= 0.3 is 5.97 Å². The van der Waals surface area contributed by atoms with Crippen molar-refractivity contribution in [3.63, 3.8) is 0 Å². The standard InChI is InChI=1S/C22H26N2O6S/c1-14(2)29-21(26)16-7-6-8-17(11-16)23-31(27,28)18-9-10-20-19(12-18)24(15(3)25)13-22(4,5)30-20/h6-12,14,23H,13H2,1-5H3. The van der Waals surface area contributed by atoms with Crippen LogP contribution in [0.2, 0.25) is 0 Å². The minimum Gasteiger partial charge on any atom is -0.484 e. The second kappa shape index (κ2) is 8.22. The minimum atomic E-state index is -3.99. The van der Waals surface area contributed by atoms with E-state index in [-0.39, 0.29) is 28.2 Å². The molecule has 0 fully saturated rings. The van der Waals surface area contributed by atoms with Gasteiger partial charge < -0.3 is 14.4 Å². The number of anilines is 2. The van der Waals surface area contributed by atoms with Gasteiger partial charge in [-0.1, -0.05) is 6.07 Å². The molecule has 2 aromatic rings. The third-order valence-corrected chi connectivity index (χ3v) is 5.91. The summed E-state index contributed by atoms with van der Waals surface area (Å²) >= 11 is 0. The summed E-state index contributed by atoms with van der Waals surface area (Å²) in [5, 5.41) is 0. The monoisotopic (exact) mass is 446 g/mol. The Morgan fingerprint density at radius 3 is 2.52 bits per heavy atom. The van der Waals surface area contributed by atoms with E-state index in [1.54, 1.807) is 26.0 Å². The van der Waals surface area contributed by atoms with E-state index < -0.39 is 21.6 Å². The lowest BCUT2D eigenvalue weighted by atomic mass is 10.1. The predicted octanol–water partition coefficient (Wildman–Crippen LogP) is 3.58. The number of carbonyl (C=O) groups excluding carboxylic acids is 2. The van der Waals surface area contributed by atoms with Crippen molar-refractivity contribution in [3.05, 3.63) is 48.0 Å². The number of ether oxygens (including phenoxy) is 2. The Labute approximate surface area is 182 Å². The fourth-order valence-corrected chi connectivity index (χ4v) is 4.31. The van der Waals surface area contributed by atoms with Gasteiger partial charge in [0.25, 0.3) is 10.0 Å². The van der Waals surface area contributed by atoms with Gasteiger partial charge in [0, 0.05) is 12.6 Å². The molecule has 1 N–H and O–H groups in total. The van der Waals surface area contributed by atoms with Crippen LogP contribution >= 0.6 is 0 Å². The molecule has 31 heavy (non-hydrogen) atoms. The minimum absolute atomic E-state index is 0.0315. The highest BCUT2D eigenvalue weighted by molar-refractivity contribution is 7.92. The molecule has 1 heterocycles. The summed E-state index contributed by atoms with van der Waals surface area (Å²) in [6.45, 7) is 8.90. The normalized spacial score (nSPS) is 15.1. The number of benzene rings is 2. The molecule has 0 saturated heterocycles. The zero-order valence-corrected chi connectivity index (χ0v) is 18.9. The highest BCUT2D eigenvalue weighted by Gasteiger charge is 2.34. The van der Waals surface area contributed by atoms with Crippen LogP contribution < -0.4 is 14.4 Å². The average molecular weight is 447 g/mol. The molecule has 0 atom stereocenters. The first-order valence-corrected chi connectivity index (χ1v) is 11.3. The lowest BCUT2D eigenvalue weighted by Gasteiger charge is -2.39. The second-order valence-corrected chi connectivity index (χ2v) is 9.92. The number of hydrogen-bond acceptors (Lipinski definition) is 6. The molecule has 9 heteroatoms. The van der Waals surface area contributed by atoms with Crippen LogP contribution in [0.25, 0.3) is 0 Å². The molecule has 0 radical (unpaired) electrons. The van der Waals surface area contributed by atoms with Gasteiger partial charge in [-0.15, -0.1) is 0 Å². The summed E-state index contributed by atoms with van der Waals surface area (Å²) in [6.07, 6.45) is -0.292. The summed E-state index contributed by atoms with van der Waals surface area (Å²) in [7, 11) is -3.99. The van der Waals surface area contributed by atoms with Gasteiger partial charge in [-0.3, -0.25) is 9.52 Å². The number of hydrogen-bond donors (Lipinski definition) is 1. The van der Waals surface area contributed by atoms with Crippen LogP contribution in [0.15, 0.2) is 47.4 Å². The molecule has 1 aliphatic rings. The number of fused-ring (bicyclic) bond motifs is 1. The molecule has 1 aliphatic heterocycles. The van der Waals surface area contributed by atoms with Crippen molar-refractivity contribution in [3.8, 4) is 5.75 Å². The van der Waals surface area contributed by atoms with Crippen LogP contribution in [0.4, 0.5) is 11.4 Å². The van der Waals surface area contributed by atoms with Crippen LogP contribution in [0.1, 0.15) is 45.0 Å². The van der Waals surface area contributed by atoms with Crippen molar-refractivity contribution < 1.29 is 27.5 Å². The van der Waals surface area contributed by atoms with Crippen molar-refractivity contribution in [2.45, 2.75) is 51.2 Å². The topological polar surface area (TPSA) is 102 Å². The van der Waals surface area contributed by atoms with Crippen LogP contribution in [0, 0.1) is 0 Å². The smallest absolute Gasteiger partial charge is 0.338 e. The van der Waals surface area contributed by atoms with E-state index in [1.165, 1.54) is 42.2 Å². The number of nitrogens with zero attached hydrogens (tertiary/aromatic N) is 1. The molecule has 2 aromatic carbocycles. The van der Waals surface area contributed by atoms with Crippen LogP contribution in [0.3, 0.4) is 0 Å². The van der Waals surface area contributed by atoms with E-state index in [2.05, 4.69) is 4.72 Å². The van der Waals surface area contributed by atoms with E-state index in [1.807, 2.05) is 13.8 Å². The van der Waals surface area contributed by atoms with Gasteiger partial charge in [0.1, 0.15) is 11.4 Å². The fourth-order valence-electron chi connectivity index (χ4n) is 3.24. The van der Waals surface area contributed by atoms with Crippen molar-refractivity contribution in [1.82, 2.24) is 0 Å². The maximum atomic E-state index is 13.0. The molecule has 0 bridgehead atoms. The van der Waals surface area contributed by atoms with Gasteiger partial charge in [0.2, 0.25) is 5.91 Å². The van der Waals surface area contributed by atoms with Gasteiger partial charge in [0.15, 0.2) is 0 Å². The number of esters is 1. The van der Waals surface area contributed by atoms with Crippen molar-refractivity contribution >= 4 is 33.3 Å². The number of nitrogens with one attached hydrogen (secondary N) is 1. The molecular weight excluding hydrogens is 420 g/mol. The molecule has 0 saturated carbocycles. The average Bonchev–Trinajstić information content (AvgIpc) is 2.65. The zero-order chi connectivity index (χ0) is 23.0. The van der Waals surface area contributed by atoms with Crippen LogP contribution in [-0.4, -0.2) is 38.5 Å². The Morgan fingerprint density at radius 2 is 1.87 bits per heavy atom. The number of amides is 1. The molecule has 8 nitrogen and oxygen atoms in total.